The molecule has 7 nitrogen and oxygen atoms in total. The molecule has 1 fully saturated rings. The number of halogens is 1. The lowest BCUT2D eigenvalue weighted by Crippen LogP contribution is -2.40. The normalized spacial score (nSPS) is 15.0. The van der Waals surface area contributed by atoms with Gasteiger partial charge < -0.3 is 5.32 Å². The average Bonchev–Trinajstić information content (AvgIpc) is 2.75. The number of nitro groups is 1. The molecule has 0 bridgehead atoms. The Morgan fingerprint density at radius 3 is 2.38 bits per heavy atom. The summed E-state index contributed by atoms with van der Waals surface area (Å²) in [6.07, 6.45) is 2.41. The maximum absolute atomic E-state index is 12.9. The summed E-state index contributed by atoms with van der Waals surface area (Å²) < 4.78 is 0. The number of rotatable bonds is 8. The van der Waals surface area contributed by atoms with Crippen molar-refractivity contribution in [2.45, 2.75) is 33.1 Å². The second kappa shape index (κ2) is 10.7. The number of hydrogen-bond donors (Lipinski definition) is 1. The van der Waals surface area contributed by atoms with E-state index in [4.69, 9.17) is 11.6 Å². The van der Waals surface area contributed by atoms with Crippen LogP contribution >= 0.6 is 11.6 Å². The molecule has 2 aromatic rings. The summed E-state index contributed by atoms with van der Waals surface area (Å²) in [7, 11) is 0. The molecule has 0 radical (unpaired) electrons. The number of Topliss-reactive ketones (excluding diaryl/α,β-unsaturated/α-hetero) is 1. The Bertz CT molecular complexity index is 983. The van der Waals surface area contributed by atoms with Gasteiger partial charge in [0, 0.05) is 23.6 Å². The SMILES string of the molecule is CC(C)Cc1ccc(C(=O)C2CCN(CC(=O)Nc3ccc([N+](=O)[O-])cc3Cl)CC2)cc1. The number of carbonyl (C=O) groups is 2. The topological polar surface area (TPSA) is 92.6 Å². The number of nitro benzene ring substituents is 1. The number of likely N-dealkylation sites (tertiary alicyclic amines) is 1. The van der Waals surface area contributed by atoms with Crippen molar-refractivity contribution in [1.82, 2.24) is 4.90 Å². The van der Waals surface area contributed by atoms with E-state index in [1.54, 1.807) is 0 Å². The number of non-ortho nitro benzene ring substituents is 1. The second-order valence-corrected chi connectivity index (χ2v) is 9.09. The zero-order valence-corrected chi connectivity index (χ0v) is 19.1. The van der Waals surface area contributed by atoms with Gasteiger partial charge in [0.15, 0.2) is 5.78 Å². The number of benzene rings is 2. The lowest BCUT2D eigenvalue weighted by atomic mass is 9.88. The van der Waals surface area contributed by atoms with Crippen molar-refractivity contribution in [3.8, 4) is 0 Å². The molecule has 0 saturated carbocycles. The third-order valence-corrected chi connectivity index (χ3v) is 5.96. The van der Waals surface area contributed by atoms with E-state index in [-0.39, 0.29) is 34.9 Å². The van der Waals surface area contributed by atoms with E-state index >= 15 is 0 Å². The first-order valence-corrected chi connectivity index (χ1v) is 11.2. The monoisotopic (exact) mass is 457 g/mol. The van der Waals surface area contributed by atoms with Gasteiger partial charge in [0.05, 0.1) is 22.2 Å². The van der Waals surface area contributed by atoms with Gasteiger partial charge in [0.1, 0.15) is 0 Å². The molecule has 1 heterocycles. The van der Waals surface area contributed by atoms with Crippen molar-refractivity contribution < 1.29 is 14.5 Å². The molecule has 1 aliphatic heterocycles. The minimum absolute atomic E-state index is 0.0330. The molecule has 1 amide bonds. The first kappa shape index (κ1) is 23.9. The average molecular weight is 458 g/mol. The first-order chi connectivity index (χ1) is 15.2. The third kappa shape index (κ3) is 6.37. The van der Waals surface area contributed by atoms with Crippen molar-refractivity contribution in [2.24, 2.45) is 11.8 Å². The predicted octanol–water partition coefficient (Wildman–Crippen LogP) is 4.98. The Kier molecular flexibility index (Phi) is 7.99. The fourth-order valence-electron chi connectivity index (χ4n) is 3.98. The third-order valence-electron chi connectivity index (χ3n) is 5.65. The highest BCUT2D eigenvalue weighted by Crippen LogP contribution is 2.27. The minimum Gasteiger partial charge on any atom is -0.324 e. The molecule has 32 heavy (non-hydrogen) atoms. The maximum atomic E-state index is 12.9. The molecule has 8 heteroatoms. The van der Waals surface area contributed by atoms with E-state index in [0.717, 1.165) is 12.0 Å². The van der Waals surface area contributed by atoms with E-state index in [1.807, 2.05) is 29.2 Å². The van der Waals surface area contributed by atoms with Crippen molar-refractivity contribution >= 4 is 34.7 Å². The quantitative estimate of drug-likeness (QED) is 0.343. The number of carbonyl (C=O) groups excluding carboxylic acids is 2. The number of ketones is 1. The number of anilines is 1. The van der Waals surface area contributed by atoms with Crippen molar-refractivity contribution in [3.63, 3.8) is 0 Å². The molecule has 0 spiro atoms. The Morgan fingerprint density at radius 1 is 1.16 bits per heavy atom. The Hall–Kier alpha value is -2.77. The van der Waals surface area contributed by atoms with Gasteiger partial charge in [-0.15, -0.1) is 0 Å². The van der Waals surface area contributed by atoms with Gasteiger partial charge in [-0.2, -0.15) is 0 Å². The fraction of sp³-hybridized carbons (Fsp3) is 0.417. The standard InChI is InChI=1S/C24H28ClN3O4/c1-16(2)13-17-3-5-18(6-4-17)24(30)19-9-11-27(12-10-19)15-23(29)26-22-8-7-20(28(31)32)14-21(22)25/h3-8,14,16,19H,9-13,15H2,1-2H3,(H,26,29). The number of hydrogen-bond acceptors (Lipinski definition) is 5. The fourth-order valence-corrected chi connectivity index (χ4v) is 4.20. The van der Waals surface area contributed by atoms with E-state index in [1.165, 1.54) is 23.8 Å². The van der Waals surface area contributed by atoms with Crippen LogP contribution in [-0.2, 0) is 11.2 Å². The van der Waals surface area contributed by atoms with Gasteiger partial charge >= 0.3 is 0 Å². The van der Waals surface area contributed by atoms with Gasteiger partial charge in [0.2, 0.25) is 5.91 Å². The van der Waals surface area contributed by atoms with Crippen molar-refractivity contribution in [3.05, 3.63) is 68.7 Å². The zero-order valence-electron chi connectivity index (χ0n) is 18.3. The highest BCUT2D eigenvalue weighted by molar-refractivity contribution is 6.34. The summed E-state index contributed by atoms with van der Waals surface area (Å²) in [5.74, 6) is 0.470. The second-order valence-electron chi connectivity index (χ2n) is 8.68. The highest BCUT2D eigenvalue weighted by Gasteiger charge is 2.27. The number of nitrogens with one attached hydrogen (secondary N) is 1. The summed E-state index contributed by atoms with van der Waals surface area (Å²) >= 11 is 6.04. The van der Waals surface area contributed by atoms with Gasteiger partial charge in [-0.25, -0.2) is 0 Å². The zero-order chi connectivity index (χ0) is 23.3. The first-order valence-electron chi connectivity index (χ1n) is 10.8. The van der Waals surface area contributed by atoms with Crippen LogP contribution < -0.4 is 5.32 Å². The molecule has 1 saturated heterocycles. The van der Waals surface area contributed by atoms with Crippen LogP contribution in [0.5, 0.6) is 0 Å². The van der Waals surface area contributed by atoms with Crippen LogP contribution in [0.3, 0.4) is 0 Å². The van der Waals surface area contributed by atoms with E-state index < -0.39 is 4.92 Å². The summed E-state index contributed by atoms with van der Waals surface area (Å²) in [6.45, 7) is 5.84. The van der Waals surface area contributed by atoms with E-state index in [2.05, 4.69) is 19.2 Å². The Morgan fingerprint density at radius 2 is 1.81 bits per heavy atom. The molecule has 2 aromatic carbocycles. The molecule has 0 aliphatic carbocycles. The van der Waals surface area contributed by atoms with Crippen LogP contribution in [0.15, 0.2) is 42.5 Å². The Balaban J connectivity index is 1.48. The lowest BCUT2D eigenvalue weighted by molar-refractivity contribution is -0.384. The number of amides is 1. The van der Waals surface area contributed by atoms with Gasteiger partial charge in [0.25, 0.3) is 5.69 Å². The largest absolute Gasteiger partial charge is 0.324 e. The van der Waals surface area contributed by atoms with E-state index in [0.29, 0.717) is 37.5 Å². The van der Waals surface area contributed by atoms with Crippen molar-refractivity contribution in [1.29, 1.82) is 0 Å². The number of nitrogens with zero attached hydrogens (tertiary/aromatic N) is 2. The van der Waals surface area contributed by atoms with Gasteiger partial charge in [-0.3, -0.25) is 24.6 Å². The van der Waals surface area contributed by atoms with E-state index in [9.17, 15) is 19.7 Å². The molecule has 1 N–H and O–H groups in total. The summed E-state index contributed by atoms with van der Waals surface area (Å²) in [5.41, 5.74) is 2.20. The highest BCUT2D eigenvalue weighted by atomic mass is 35.5. The van der Waals surface area contributed by atoms with Crippen LogP contribution in [-0.4, -0.2) is 41.1 Å². The summed E-state index contributed by atoms with van der Waals surface area (Å²) in [5, 5.41) is 13.6. The van der Waals surface area contributed by atoms with Crippen LogP contribution in [0.1, 0.15) is 42.6 Å². The molecule has 3 rings (SSSR count). The lowest BCUT2D eigenvalue weighted by Gasteiger charge is -2.30. The summed E-state index contributed by atoms with van der Waals surface area (Å²) in [6, 6.07) is 11.9. The predicted molar refractivity (Wildman–Crippen MR) is 125 cm³/mol. The summed E-state index contributed by atoms with van der Waals surface area (Å²) in [4.78, 5) is 37.5. The molecule has 1 aliphatic rings. The van der Waals surface area contributed by atoms with Crippen molar-refractivity contribution in [2.75, 3.05) is 25.0 Å². The minimum atomic E-state index is -0.539. The smallest absolute Gasteiger partial charge is 0.271 e. The van der Waals surface area contributed by atoms with Gasteiger partial charge in [-0.1, -0.05) is 49.7 Å². The molecule has 0 aromatic heterocycles. The van der Waals surface area contributed by atoms with Crippen LogP contribution in [0, 0.1) is 22.0 Å². The molecule has 170 valence electrons. The van der Waals surface area contributed by atoms with Crippen LogP contribution in [0.2, 0.25) is 5.02 Å². The maximum Gasteiger partial charge on any atom is 0.271 e. The van der Waals surface area contributed by atoms with Gasteiger partial charge in [-0.05, 0) is 49.9 Å². The Labute approximate surface area is 192 Å². The number of piperidine rings is 1. The molecule has 0 atom stereocenters. The van der Waals surface area contributed by atoms with Crippen LogP contribution in [0.25, 0.3) is 0 Å². The molecular formula is C24H28ClN3O4. The van der Waals surface area contributed by atoms with Crippen LogP contribution in [0.4, 0.5) is 11.4 Å². The molecular weight excluding hydrogens is 430 g/mol. The molecule has 0 unspecified atom stereocenters.